The lowest BCUT2D eigenvalue weighted by Gasteiger charge is -2.08. The van der Waals surface area contributed by atoms with Crippen LogP contribution in [0.2, 0.25) is 0 Å². The first-order valence-corrected chi connectivity index (χ1v) is 6.66. The molecule has 0 spiro atoms. The van der Waals surface area contributed by atoms with Gasteiger partial charge in [-0.15, -0.1) is 0 Å². The van der Waals surface area contributed by atoms with Crippen molar-refractivity contribution in [2.45, 2.75) is 6.61 Å². The lowest BCUT2D eigenvalue weighted by Crippen LogP contribution is -1.96. The first-order chi connectivity index (χ1) is 8.15. The van der Waals surface area contributed by atoms with E-state index in [1.165, 1.54) is 0 Å². The van der Waals surface area contributed by atoms with Crippen LogP contribution >= 0.6 is 31.9 Å². The number of rotatable bonds is 3. The van der Waals surface area contributed by atoms with Gasteiger partial charge in [-0.05, 0) is 51.8 Å². The third-order valence-electron chi connectivity index (χ3n) is 2.26. The molecule has 0 saturated heterocycles. The molecular weight excluding hydrogens is 346 g/mol. The summed E-state index contributed by atoms with van der Waals surface area (Å²) in [5.74, 6) is 0.794. The minimum Gasteiger partial charge on any atom is -0.488 e. The number of hydrogen-bond donors (Lipinski definition) is 1. The maximum atomic E-state index is 5.70. The molecule has 0 heterocycles. The molecule has 0 fully saturated rings. The Labute approximate surface area is 117 Å². The van der Waals surface area contributed by atoms with Crippen LogP contribution in [0.25, 0.3) is 0 Å². The van der Waals surface area contributed by atoms with Gasteiger partial charge in [0.05, 0.1) is 4.47 Å². The smallest absolute Gasteiger partial charge is 0.134 e. The average molecular weight is 357 g/mol. The van der Waals surface area contributed by atoms with Crippen LogP contribution in [0.1, 0.15) is 5.56 Å². The molecule has 17 heavy (non-hydrogen) atoms. The normalized spacial score (nSPS) is 10.2. The zero-order valence-corrected chi connectivity index (χ0v) is 12.2. The summed E-state index contributed by atoms with van der Waals surface area (Å²) in [6.45, 7) is 0.537. The van der Waals surface area contributed by atoms with Gasteiger partial charge in [0.25, 0.3) is 0 Å². The predicted octanol–water partition coefficient (Wildman–Crippen LogP) is 4.37. The Morgan fingerprint density at radius 3 is 2.35 bits per heavy atom. The summed E-state index contributed by atoms with van der Waals surface area (Å²) in [5, 5.41) is 0. The van der Waals surface area contributed by atoms with Crippen LogP contribution in [-0.2, 0) is 6.61 Å². The molecular formula is C13H11Br2NO. The van der Waals surface area contributed by atoms with E-state index in [-0.39, 0.29) is 0 Å². The highest BCUT2D eigenvalue weighted by Gasteiger charge is 2.01. The van der Waals surface area contributed by atoms with E-state index in [4.69, 9.17) is 10.5 Å². The largest absolute Gasteiger partial charge is 0.488 e. The van der Waals surface area contributed by atoms with E-state index in [1.807, 2.05) is 42.5 Å². The second-order valence-corrected chi connectivity index (χ2v) is 5.38. The summed E-state index contributed by atoms with van der Waals surface area (Å²) in [6.07, 6.45) is 0. The Morgan fingerprint density at radius 1 is 1.00 bits per heavy atom. The molecule has 0 unspecified atom stereocenters. The van der Waals surface area contributed by atoms with E-state index in [2.05, 4.69) is 31.9 Å². The molecule has 0 radical (unpaired) electrons. The fraction of sp³-hybridized carbons (Fsp3) is 0.0769. The highest BCUT2D eigenvalue weighted by molar-refractivity contribution is 9.10. The molecule has 0 bridgehead atoms. The molecule has 0 aliphatic heterocycles. The van der Waals surface area contributed by atoms with Gasteiger partial charge in [0, 0.05) is 10.2 Å². The molecule has 2 aromatic carbocycles. The lowest BCUT2D eigenvalue weighted by molar-refractivity contribution is 0.304. The van der Waals surface area contributed by atoms with Gasteiger partial charge >= 0.3 is 0 Å². The molecule has 0 amide bonds. The first kappa shape index (κ1) is 12.5. The molecule has 0 saturated carbocycles. The van der Waals surface area contributed by atoms with Crippen molar-refractivity contribution in [2.24, 2.45) is 0 Å². The Balaban J connectivity index is 2.04. The third-order valence-corrected chi connectivity index (χ3v) is 3.41. The molecule has 2 N–H and O–H groups in total. The molecule has 0 aromatic heterocycles. The summed E-state index contributed by atoms with van der Waals surface area (Å²) >= 11 is 6.82. The van der Waals surface area contributed by atoms with Gasteiger partial charge in [0.15, 0.2) is 0 Å². The summed E-state index contributed by atoms with van der Waals surface area (Å²) in [4.78, 5) is 0. The predicted molar refractivity (Wildman–Crippen MR) is 77.0 cm³/mol. The number of benzene rings is 2. The molecule has 0 atom stereocenters. The quantitative estimate of drug-likeness (QED) is 0.828. The molecule has 4 heteroatoms. The second kappa shape index (κ2) is 5.56. The summed E-state index contributed by atoms with van der Waals surface area (Å²) in [6, 6.07) is 13.6. The van der Waals surface area contributed by atoms with Crippen molar-refractivity contribution in [2.75, 3.05) is 5.73 Å². The van der Waals surface area contributed by atoms with Crippen LogP contribution < -0.4 is 10.5 Å². The molecule has 2 nitrogen and oxygen atoms in total. The van der Waals surface area contributed by atoms with E-state index in [0.29, 0.717) is 12.3 Å². The topological polar surface area (TPSA) is 35.2 Å². The van der Waals surface area contributed by atoms with Crippen molar-refractivity contribution in [3.8, 4) is 5.75 Å². The van der Waals surface area contributed by atoms with Gasteiger partial charge in [-0.3, -0.25) is 0 Å². The standard InChI is InChI=1S/C13H11Br2NO/c14-10-3-1-9(2-4-10)8-17-13-6-5-11(16)7-12(13)15/h1-7H,8,16H2. The Bertz CT molecular complexity index is 511. The van der Waals surface area contributed by atoms with Gasteiger partial charge in [0.1, 0.15) is 12.4 Å². The van der Waals surface area contributed by atoms with Crippen molar-refractivity contribution in [3.63, 3.8) is 0 Å². The van der Waals surface area contributed by atoms with Gasteiger partial charge in [-0.2, -0.15) is 0 Å². The highest BCUT2D eigenvalue weighted by Crippen LogP contribution is 2.27. The third kappa shape index (κ3) is 3.48. The van der Waals surface area contributed by atoms with Crippen molar-refractivity contribution in [1.29, 1.82) is 0 Å². The van der Waals surface area contributed by atoms with Gasteiger partial charge in [0.2, 0.25) is 0 Å². The minimum atomic E-state index is 0.537. The molecule has 0 aliphatic rings. The zero-order chi connectivity index (χ0) is 12.3. The van der Waals surface area contributed by atoms with Crippen molar-refractivity contribution in [1.82, 2.24) is 0 Å². The van der Waals surface area contributed by atoms with E-state index in [9.17, 15) is 0 Å². The average Bonchev–Trinajstić information content (AvgIpc) is 2.30. The number of hydrogen-bond acceptors (Lipinski definition) is 2. The van der Waals surface area contributed by atoms with Crippen LogP contribution in [0, 0.1) is 0 Å². The summed E-state index contributed by atoms with van der Waals surface area (Å²) < 4.78 is 7.63. The minimum absolute atomic E-state index is 0.537. The number of halogens is 2. The fourth-order valence-corrected chi connectivity index (χ4v) is 2.15. The Morgan fingerprint density at radius 2 is 1.71 bits per heavy atom. The fourth-order valence-electron chi connectivity index (χ4n) is 1.38. The van der Waals surface area contributed by atoms with Gasteiger partial charge in [-0.25, -0.2) is 0 Å². The zero-order valence-electron chi connectivity index (χ0n) is 8.99. The molecule has 0 aliphatic carbocycles. The molecule has 88 valence electrons. The maximum absolute atomic E-state index is 5.70. The second-order valence-electron chi connectivity index (χ2n) is 3.61. The SMILES string of the molecule is Nc1ccc(OCc2ccc(Br)cc2)c(Br)c1. The highest BCUT2D eigenvalue weighted by atomic mass is 79.9. The van der Waals surface area contributed by atoms with Crippen molar-refractivity contribution in [3.05, 3.63) is 57.0 Å². The van der Waals surface area contributed by atoms with Crippen LogP contribution in [0.4, 0.5) is 5.69 Å². The van der Waals surface area contributed by atoms with Crippen LogP contribution in [0.5, 0.6) is 5.75 Å². The summed E-state index contributed by atoms with van der Waals surface area (Å²) in [5.41, 5.74) is 7.50. The Kier molecular flexibility index (Phi) is 4.07. The lowest BCUT2D eigenvalue weighted by atomic mass is 10.2. The van der Waals surface area contributed by atoms with Crippen LogP contribution in [0.3, 0.4) is 0 Å². The molecule has 2 aromatic rings. The van der Waals surface area contributed by atoms with Crippen LogP contribution in [0.15, 0.2) is 51.4 Å². The van der Waals surface area contributed by atoms with E-state index >= 15 is 0 Å². The van der Waals surface area contributed by atoms with Gasteiger partial charge < -0.3 is 10.5 Å². The number of nitrogen functional groups attached to an aromatic ring is 1. The van der Waals surface area contributed by atoms with E-state index in [1.54, 1.807) is 0 Å². The van der Waals surface area contributed by atoms with Crippen molar-refractivity contribution >= 4 is 37.5 Å². The maximum Gasteiger partial charge on any atom is 0.134 e. The number of anilines is 1. The number of ether oxygens (including phenoxy) is 1. The number of nitrogens with two attached hydrogens (primary N) is 1. The molecule has 2 rings (SSSR count). The first-order valence-electron chi connectivity index (χ1n) is 5.07. The van der Waals surface area contributed by atoms with Crippen molar-refractivity contribution < 1.29 is 4.74 Å². The van der Waals surface area contributed by atoms with Crippen LogP contribution in [-0.4, -0.2) is 0 Å². The van der Waals surface area contributed by atoms with E-state index in [0.717, 1.165) is 20.3 Å². The van der Waals surface area contributed by atoms with E-state index < -0.39 is 0 Å². The summed E-state index contributed by atoms with van der Waals surface area (Å²) in [7, 11) is 0. The van der Waals surface area contributed by atoms with Gasteiger partial charge in [-0.1, -0.05) is 28.1 Å². The Hall–Kier alpha value is -1.000. The monoisotopic (exact) mass is 355 g/mol.